The Balaban J connectivity index is 1.16. The summed E-state index contributed by atoms with van der Waals surface area (Å²) in [5.74, 6) is 0. The first-order valence-corrected chi connectivity index (χ1v) is 17.7. The van der Waals surface area contributed by atoms with Gasteiger partial charge in [0, 0.05) is 34.6 Å². The number of nitrogens with one attached hydrogen (secondary N) is 1. The molecule has 0 bridgehead atoms. The van der Waals surface area contributed by atoms with E-state index in [1.54, 1.807) is 11.8 Å². The molecule has 1 unspecified atom stereocenters. The lowest BCUT2D eigenvalue weighted by atomic mass is 9.95. The Bertz CT molecular complexity index is 2170. The van der Waals surface area contributed by atoms with Crippen molar-refractivity contribution in [1.82, 2.24) is 4.90 Å². The van der Waals surface area contributed by atoms with Crippen LogP contribution >= 0.6 is 11.8 Å². The van der Waals surface area contributed by atoms with Crippen molar-refractivity contribution in [2.45, 2.75) is 17.6 Å². The van der Waals surface area contributed by atoms with E-state index < -0.39 is 0 Å². The summed E-state index contributed by atoms with van der Waals surface area (Å²) < 4.78 is 0. The molecule has 4 heteroatoms. The average molecular weight is 666 g/mol. The molecule has 50 heavy (non-hydrogen) atoms. The van der Waals surface area contributed by atoms with E-state index in [-0.39, 0.29) is 6.17 Å². The maximum atomic E-state index is 5.04. The van der Waals surface area contributed by atoms with Gasteiger partial charge in [-0.1, -0.05) is 152 Å². The van der Waals surface area contributed by atoms with E-state index in [0.717, 1.165) is 51.3 Å². The number of anilines is 2. The van der Waals surface area contributed by atoms with Crippen molar-refractivity contribution < 1.29 is 0 Å². The summed E-state index contributed by atoms with van der Waals surface area (Å²) in [7, 11) is 2.14. The number of aliphatic imine (C=N–C) groups is 1. The summed E-state index contributed by atoms with van der Waals surface area (Å²) in [5, 5.41) is 5.88. The second-order valence-corrected chi connectivity index (χ2v) is 13.3. The molecule has 0 amide bonds. The van der Waals surface area contributed by atoms with Crippen molar-refractivity contribution in [2.75, 3.05) is 12.4 Å². The van der Waals surface area contributed by atoms with Gasteiger partial charge in [-0.2, -0.15) is 0 Å². The molecule has 3 nitrogen and oxygen atoms in total. The molecule has 1 aliphatic heterocycles. The molecule has 0 radical (unpaired) electrons. The molecule has 1 aliphatic rings. The van der Waals surface area contributed by atoms with Crippen LogP contribution in [0.4, 0.5) is 11.4 Å². The van der Waals surface area contributed by atoms with E-state index >= 15 is 0 Å². The van der Waals surface area contributed by atoms with Gasteiger partial charge in [0.15, 0.2) is 0 Å². The van der Waals surface area contributed by atoms with E-state index in [2.05, 4.69) is 169 Å². The highest BCUT2D eigenvalue weighted by Crippen LogP contribution is 2.38. The number of thioether (sulfide) groups is 1. The van der Waals surface area contributed by atoms with Gasteiger partial charge in [-0.25, -0.2) is 0 Å². The van der Waals surface area contributed by atoms with Gasteiger partial charge in [-0.05, 0) is 93.4 Å². The van der Waals surface area contributed by atoms with Crippen LogP contribution in [0.15, 0.2) is 192 Å². The standard InChI is InChI=1S/C46H39N3S/c1-34-15-12-13-28-50-45-27-25-40(30-42(34)45)39-24-26-44(43(31-39)37-19-8-4-9-20-37)48-41-23-14-18-36(29-41)33-49(2)46(38-21-10-5-11-22-38)47-32-35-16-6-3-7-17-35/h3-32,46,48H,1,33H2,2H3/b15-12-,28-13-,47-32?. The Kier molecular flexibility index (Phi) is 10.3. The molecular weight excluding hydrogens is 627 g/mol. The predicted molar refractivity (Wildman–Crippen MR) is 215 cm³/mol. The number of allylic oxidation sites excluding steroid dienone is 4. The number of fused-ring (bicyclic) bond motifs is 1. The molecule has 0 saturated carbocycles. The van der Waals surface area contributed by atoms with E-state index in [0.29, 0.717) is 0 Å². The number of nitrogens with zero attached hydrogens (tertiary/aromatic N) is 2. The lowest BCUT2D eigenvalue weighted by Gasteiger charge is -2.25. The molecular formula is C46H39N3S. The van der Waals surface area contributed by atoms with Crippen LogP contribution in [0.1, 0.15) is 28.4 Å². The number of hydrogen-bond donors (Lipinski definition) is 1. The molecule has 0 fully saturated rings. The highest BCUT2D eigenvalue weighted by Gasteiger charge is 2.17. The van der Waals surface area contributed by atoms with Crippen LogP contribution in [0.3, 0.4) is 0 Å². The van der Waals surface area contributed by atoms with Gasteiger partial charge in [0.05, 0.1) is 0 Å². The van der Waals surface area contributed by atoms with E-state index in [1.807, 2.05) is 36.6 Å². The zero-order valence-electron chi connectivity index (χ0n) is 28.1. The molecule has 0 aliphatic carbocycles. The van der Waals surface area contributed by atoms with E-state index in [4.69, 9.17) is 4.99 Å². The van der Waals surface area contributed by atoms with Crippen molar-refractivity contribution >= 4 is 34.9 Å². The largest absolute Gasteiger partial charge is 0.355 e. The molecule has 1 heterocycles. The van der Waals surface area contributed by atoms with E-state index in [1.165, 1.54) is 21.6 Å². The third-order valence-electron chi connectivity index (χ3n) is 8.76. The van der Waals surface area contributed by atoms with Gasteiger partial charge >= 0.3 is 0 Å². The number of benzene rings is 6. The minimum Gasteiger partial charge on any atom is -0.355 e. The first-order valence-electron chi connectivity index (χ1n) is 16.8. The van der Waals surface area contributed by atoms with Crippen LogP contribution in [0, 0.1) is 0 Å². The van der Waals surface area contributed by atoms with Crippen LogP contribution in [0.25, 0.3) is 27.8 Å². The second kappa shape index (κ2) is 15.7. The molecule has 0 saturated heterocycles. The molecule has 0 spiro atoms. The molecule has 1 atom stereocenters. The maximum Gasteiger partial charge on any atom is 0.128 e. The number of rotatable bonds is 10. The van der Waals surface area contributed by atoms with Crippen molar-refractivity contribution in [3.63, 3.8) is 0 Å². The summed E-state index contributed by atoms with van der Waals surface area (Å²) in [6, 6.07) is 53.4. The first kappa shape index (κ1) is 32.8. The van der Waals surface area contributed by atoms with Crippen molar-refractivity contribution in [1.29, 1.82) is 0 Å². The zero-order valence-corrected chi connectivity index (χ0v) is 28.9. The topological polar surface area (TPSA) is 27.6 Å². The minimum atomic E-state index is -0.120. The van der Waals surface area contributed by atoms with Crippen LogP contribution in [-0.2, 0) is 6.54 Å². The van der Waals surface area contributed by atoms with Gasteiger partial charge in [0.1, 0.15) is 6.17 Å². The molecule has 7 rings (SSSR count). The van der Waals surface area contributed by atoms with E-state index in [9.17, 15) is 0 Å². The Morgan fingerprint density at radius 2 is 1.40 bits per heavy atom. The van der Waals surface area contributed by atoms with Gasteiger partial charge in [0.25, 0.3) is 0 Å². The number of hydrogen-bond acceptors (Lipinski definition) is 4. The normalized spacial score (nSPS) is 14.5. The highest BCUT2D eigenvalue weighted by atomic mass is 32.2. The second-order valence-electron chi connectivity index (χ2n) is 12.4. The zero-order chi connectivity index (χ0) is 34.1. The summed E-state index contributed by atoms with van der Waals surface area (Å²) in [6.45, 7) is 5.07. The van der Waals surface area contributed by atoms with Gasteiger partial charge < -0.3 is 5.32 Å². The fourth-order valence-corrected chi connectivity index (χ4v) is 7.00. The van der Waals surface area contributed by atoms with Gasteiger partial charge in [0.2, 0.25) is 0 Å². The lowest BCUT2D eigenvalue weighted by molar-refractivity contribution is 0.244. The predicted octanol–water partition coefficient (Wildman–Crippen LogP) is 12.2. The molecule has 6 aromatic rings. The smallest absolute Gasteiger partial charge is 0.128 e. The van der Waals surface area contributed by atoms with Crippen LogP contribution in [-0.4, -0.2) is 18.2 Å². The Morgan fingerprint density at radius 3 is 2.18 bits per heavy atom. The average Bonchev–Trinajstić information content (AvgIpc) is 3.15. The highest BCUT2D eigenvalue weighted by molar-refractivity contribution is 8.02. The Labute approximate surface area is 300 Å². The maximum absolute atomic E-state index is 5.04. The first-order chi connectivity index (χ1) is 24.6. The molecule has 0 aromatic heterocycles. The fraction of sp³-hybridized carbons (Fsp3) is 0.0652. The van der Waals surface area contributed by atoms with Gasteiger partial charge in [-0.15, -0.1) is 0 Å². The Morgan fingerprint density at radius 1 is 0.700 bits per heavy atom. The Hall–Kier alpha value is -5.68. The van der Waals surface area contributed by atoms with Gasteiger partial charge in [-0.3, -0.25) is 9.89 Å². The molecule has 6 aromatic carbocycles. The summed E-state index contributed by atoms with van der Waals surface area (Å²) in [6.07, 6.45) is 8.03. The quantitative estimate of drug-likeness (QED) is 0.148. The third kappa shape index (κ3) is 7.95. The summed E-state index contributed by atoms with van der Waals surface area (Å²) >= 11 is 1.73. The monoisotopic (exact) mass is 665 g/mol. The molecule has 244 valence electrons. The van der Waals surface area contributed by atoms with Crippen molar-refractivity contribution in [3.8, 4) is 22.3 Å². The van der Waals surface area contributed by atoms with Crippen LogP contribution in [0.5, 0.6) is 0 Å². The molecule has 1 N–H and O–H groups in total. The van der Waals surface area contributed by atoms with Crippen molar-refractivity contribution in [3.05, 3.63) is 204 Å². The minimum absolute atomic E-state index is 0.120. The lowest BCUT2D eigenvalue weighted by Crippen LogP contribution is -2.23. The third-order valence-corrected chi connectivity index (χ3v) is 9.67. The summed E-state index contributed by atoms with van der Waals surface area (Å²) in [5.41, 5.74) is 12.4. The van der Waals surface area contributed by atoms with Crippen LogP contribution in [0.2, 0.25) is 0 Å². The fourth-order valence-electron chi connectivity index (χ4n) is 6.22. The van der Waals surface area contributed by atoms with Crippen LogP contribution < -0.4 is 5.32 Å². The summed E-state index contributed by atoms with van der Waals surface area (Å²) in [4.78, 5) is 8.54. The van der Waals surface area contributed by atoms with Crippen molar-refractivity contribution in [2.24, 2.45) is 4.99 Å². The SMILES string of the molecule is C=C1/C=C\C=C/Sc2ccc(-c3ccc(Nc4cccc(CN(C)C(N=Cc5ccccc5)c5ccccc5)c4)c(-c4ccccc4)c3)cc21.